The predicted octanol–water partition coefficient (Wildman–Crippen LogP) is 4.26. The highest BCUT2D eigenvalue weighted by Gasteiger charge is 2.02. The van der Waals surface area contributed by atoms with Crippen LogP contribution < -0.4 is 0 Å². The maximum atomic E-state index is 10.3. The molecule has 0 unspecified atom stereocenters. The van der Waals surface area contributed by atoms with E-state index in [0.717, 1.165) is 25.7 Å². The van der Waals surface area contributed by atoms with E-state index in [9.17, 15) is 8.42 Å². The Morgan fingerprint density at radius 3 is 1.23 bits per heavy atom. The summed E-state index contributed by atoms with van der Waals surface area (Å²) in [7, 11) is -4.25. The molecule has 5 nitrogen and oxygen atoms in total. The first-order valence-electron chi connectivity index (χ1n) is 8.79. The molecule has 0 aliphatic carbocycles. The molecule has 134 valence electrons. The first-order chi connectivity index (χ1) is 10.6. The molecular formula is C16H34O5S. The second-order valence-electron chi connectivity index (χ2n) is 5.92. The predicted molar refractivity (Wildman–Crippen MR) is 89.2 cm³/mol. The zero-order valence-corrected chi connectivity index (χ0v) is 14.7. The van der Waals surface area contributed by atoms with Crippen molar-refractivity contribution < 1.29 is 22.3 Å². The van der Waals surface area contributed by atoms with Crippen LogP contribution in [-0.4, -0.2) is 31.3 Å². The molecule has 0 amide bonds. The Morgan fingerprint density at radius 2 is 0.909 bits per heavy atom. The van der Waals surface area contributed by atoms with Gasteiger partial charge in [-0.25, -0.2) is 4.18 Å². The van der Waals surface area contributed by atoms with Crippen LogP contribution in [0.4, 0.5) is 0 Å². The molecule has 0 spiro atoms. The molecule has 0 aromatic rings. The highest BCUT2D eigenvalue weighted by atomic mass is 32.3. The molecular weight excluding hydrogens is 304 g/mol. The van der Waals surface area contributed by atoms with Crippen molar-refractivity contribution in [2.24, 2.45) is 0 Å². The Labute approximate surface area is 136 Å². The summed E-state index contributed by atoms with van der Waals surface area (Å²) >= 11 is 0. The first kappa shape index (κ1) is 21.8. The van der Waals surface area contributed by atoms with Crippen LogP contribution in [-0.2, 0) is 14.6 Å². The molecule has 0 fully saturated rings. The zero-order valence-electron chi connectivity index (χ0n) is 13.8. The third-order valence-corrected chi connectivity index (χ3v) is 4.25. The minimum absolute atomic E-state index is 0.0805. The van der Waals surface area contributed by atoms with Crippen molar-refractivity contribution >= 4 is 10.4 Å². The van der Waals surface area contributed by atoms with Crippen molar-refractivity contribution in [2.75, 3.05) is 13.2 Å². The summed E-state index contributed by atoms with van der Waals surface area (Å²) in [6.07, 6.45) is 16.4. The van der Waals surface area contributed by atoms with E-state index in [1.165, 1.54) is 57.8 Å². The van der Waals surface area contributed by atoms with Gasteiger partial charge in [-0.3, -0.25) is 4.55 Å². The number of aliphatic hydroxyl groups is 1. The van der Waals surface area contributed by atoms with Gasteiger partial charge in [0.1, 0.15) is 0 Å². The second kappa shape index (κ2) is 15.7. The number of aliphatic hydroxyl groups excluding tert-OH is 1. The van der Waals surface area contributed by atoms with Gasteiger partial charge in [-0.2, -0.15) is 8.42 Å². The molecule has 0 saturated carbocycles. The zero-order chi connectivity index (χ0) is 16.5. The molecule has 0 aliphatic heterocycles. The molecule has 0 heterocycles. The quantitative estimate of drug-likeness (QED) is 0.306. The van der Waals surface area contributed by atoms with Crippen LogP contribution in [0.25, 0.3) is 0 Å². The van der Waals surface area contributed by atoms with Gasteiger partial charge in [-0.15, -0.1) is 0 Å². The van der Waals surface area contributed by atoms with Gasteiger partial charge < -0.3 is 5.11 Å². The summed E-state index contributed by atoms with van der Waals surface area (Å²) in [6, 6.07) is 0. The van der Waals surface area contributed by atoms with Gasteiger partial charge in [-0.05, 0) is 12.8 Å². The van der Waals surface area contributed by atoms with E-state index >= 15 is 0 Å². The molecule has 0 rings (SSSR count). The fourth-order valence-electron chi connectivity index (χ4n) is 2.50. The van der Waals surface area contributed by atoms with E-state index in [0.29, 0.717) is 13.0 Å². The summed E-state index contributed by atoms with van der Waals surface area (Å²) < 4.78 is 33.2. The lowest BCUT2D eigenvalue weighted by Gasteiger charge is -2.03. The van der Waals surface area contributed by atoms with E-state index in [2.05, 4.69) is 4.18 Å². The van der Waals surface area contributed by atoms with E-state index in [4.69, 9.17) is 9.66 Å². The molecule has 6 heteroatoms. The SMILES string of the molecule is O=S(=O)(O)OCCCCCCCCCCCCCCCCO. The van der Waals surface area contributed by atoms with Crippen molar-refractivity contribution in [3.05, 3.63) is 0 Å². The van der Waals surface area contributed by atoms with Crippen LogP contribution in [0.5, 0.6) is 0 Å². The molecule has 0 aromatic heterocycles. The van der Waals surface area contributed by atoms with Crippen LogP contribution >= 0.6 is 0 Å². The molecule has 0 saturated heterocycles. The lowest BCUT2D eigenvalue weighted by atomic mass is 10.0. The van der Waals surface area contributed by atoms with Crippen molar-refractivity contribution in [2.45, 2.75) is 89.9 Å². The van der Waals surface area contributed by atoms with Crippen molar-refractivity contribution in [3.8, 4) is 0 Å². The van der Waals surface area contributed by atoms with E-state index in [1.807, 2.05) is 0 Å². The van der Waals surface area contributed by atoms with Gasteiger partial charge in [0.2, 0.25) is 0 Å². The summed E-state index contributed by atoms with van der Waals surface area (Å²) in [4.78, 5) is 0. The van der Waals surface area contributed by atoms with Gasteiger partial charge >= 0.3 is 10.4 Å². The van der Waals surface area contributed by atoms with Gasteiger partial charge in [0.25, 0.3) is 0 Å². The van der Waals surface area contributed by atoms with Crippen LogP contribution in [0.2, 0.25) is 0 Å². The molecule has 22 heavy (non-hydrogen) atoms. The molecule has 2 N–H and O–H groups in total. The van der Waals surface area contributed by atoms with Gasteiger partial charge in [-0.1, -0.05) is 77.0 Å². The highest BCUT2D eigenvalue weighted by molar-refractivity contribution is 7.80. The minimum atomic E-state index is -4.25. The summed E-state index contributed by atoms with van der Waals surface area (Å²) in [5, 5.41) is 8.66. The third-order valence-electron chi connectivity index (χ3n) is 3.78. The number of hydrogen-bond acceptors (Lipinski definition) is 4. The molecule has 0 aromatic carbocycles. The van der Waals surface area contributed by atoms with Gasteiger partial charge in [0.05, 0.1) is 6.61 Å². The normalized spacial score (nSPS) is 11.9. The largest absolute Gasteiger partial charge is 0.397 e. The monoisotopic (exact) mass is 338 g/mol. The lowest BCUT2D eigenvalue weighted by molar-refractivity contribution is 0.261. The number of hydrogen-bond donors (Lipinski definition) is 2. The molecule has 0 atom stereocenters. The van der Waals surface area contributed by atoms with Crippen LogP contribution in [0.3, 0.4) is 0 Å². The summed E-state index contributed by atoms with van der Waals surface area (Å²) in [5.41, 5.74) is 0. The summed E-state index contributed by atoms with van der Waals surface area (Å²) in [6.45, 7) is 0.407. The van der Waals surface area contributed by atoms with Crippen molar-refractivity contribution in [3.63, 3.8) is 0 Å². The van der Waals surface area contributed by atoms with Crippen molar-refractivity contribution in [1.82, 2.24) is 0 Å². The Bertz CT molecular complexity index is 316. The Balaban J connectivity index is 3.03. The van der Waals surface area contributed by atoms with Gasteiger partial charge in [0, 0.05) is 6.61 Å². The number of rotatable bonds is 17. The molecule has 0 aliphatic rings. The smallest absolute Gasteiger partial charge is 0.396 e. The Hall–Kier alpha value is -0.170. The van der Waals surface area contributed by atoms with E-state index in [1.54, 1.807) is 0 Å². The molecule has 0 radical (unpaired) electrons. The maximum Gasteiger partial charge on any atom is 0.397 e. The average molecular weight is 339 g/mol. The van der Waals surface area contributed by atoms with Crippen molar-refractivity contribution in [1.29, 1.82) is 0 Å². The summed E-state index contributed by atoms with van der Waals surface area (Å²) in [5.74, 6) is 0. The number of unbranched alkanes of at least 4 members (excludes halogenated alkanes) is 13. The second-order valence-corrected chi connectivity index (χ2v) is 7.01. The third kappa shape index (κ3) is 19.8. The first-order valence-corrected chi connectivity index (χ1v) is 10.2. The fourth-order valence-corrected chi connectivity index (χ4v) is 2.83. The van der Waals surface area contributed by atoms with E-state index in [-0.39, 0.29) is 6.61 Å². The lowest BCUT2D eigenvalue weighted by Crippen LogP contribution is -2.04. The van der Waals surface area contributed by atoms with Crippen LogP contribution in [0, 0.1) is 0 Å². The maximum absolute atomic E-state index is 10.3. The molecule has 0 bridgehead atoms. The van der Waals surface area contributed by atoms with Crippen LogP contribution in [0.15, 0.2) is 0 Å². The standard InChI is InChI=1S/C16H34O5S/c17-15-13-11-9-7-5-3-1-2-4-6-8-10-12-14-16-21-22(18,19)20/h17H,1-16H2,(H,18,19,20). The fraction of sp³-hybridized carbons (Fsp3) is 1.00. The van der Waals surface area contributed by atoms with Gasteiger partial charge in [0.15, 0.2) is 0 Å². The Morgan fingerprint density at radius 1 is 0.591 bits per heavy atom. The minimum Gasteiger partial charge on any atom is -0.396 e. The highest BCUT2D eigenvalue weighted by Crippen LogP contribution is 2.13. The van der Waals surface area contributed by atoms with E-state index < -0.39 is 10.4 Å². The average Bonchev–Trinajstić information content (AvgIpc) is 2.45. The Kier molecular flexibility index (Phi) is 15.6. The topological polar surface area (TPSA) is 83.8 Å². The van der Waals surface area contributed by atoms with Crippen LogP contribution in [0.1, 0.15) is 89.9 Å².